The highest BCUT2D eigenvalue weighted by molar-refractivity contribution is 6.01. The van der Waals surface area contributed by atoms with E-state index in [1.807, 2.05) is 0 Å². The van der Waals surface area contributed by atoms with Gasteiger partial charge in [0.15, 0.2) is 11.5 Å². The number of piperidine rings is 1. The molecule has 0 spiro atoms. The molecule has 27 heavy (non-hydrogen) atoms. The van der Waals surface area contributed by atoms with Gasteiger partial charge in [0.2, 0.25) is 0 Å². The van der Waals surface area contributed by atoms with E-state index in [4.69, 9.17) is 5.73 Å². The van der Waals surface area contributed by atoms with Crippen LogP contribution in [-0.4, -0.2) is 44.4 Å². The number of Topliss-reactive ketones (excluding diaryl/α,β-unsaturated/α-hetero) is 1. The van der Waals surface area contributed by atoms with Crippen LogP contribution in [0.4, 0.5) is 10.2 Å². The predicted molar refractivity (Wildman–Crippen MR) is 98.4 cm³/mol. The van der Waals surface area contributed by atoms with Crippen LogP contribution in [-0.2, 0) is 19.8 Å². The Balaban J connectivity index is 1.74. The molecule has 144 valence electrons. The lowest BCUT2D eigenvalue weighted by molar-refractivity contribution is 0.0493. The van der Waals surface area contributed by atoms with Gasteiger partial charge < -0.3 is 5.73 Å². The molecule has 0 bridgehead atoms. The van der Waals surface area contributed by atoms with Crippen molar-refractivity contribution in [3.05, 3.63) is 56.5 Å². The van der Waals surface area contributed by atoms with Crippen molar-refractivity contribution in [3.8, 4) is 0 Å². The second-order valence-corrected chi connectivity index (χ2v) is 6.85. The summed E-state index contributed by atoms with van der Waals surface area (Å²) in [5, 5.41) is 0. The molecule has 0 radical (unpaired) electrons. The third kappa shape index (κ3) is 3.42. The maximum atomic E-state index is 15.1. The number of ketones is 1. The predicted octanol–water partition coefficient (Wildman–Crippen LogP) is 0.205. The molecule has 1 saturated heterocycles. The van der Waals surface area contributed by atoms with Crippen molar-refractivity contribution in [2.24, 2.45) is 14.1 Å². The van der Waals surface area contributed by atoms with E-state index in [9.17, 15) is 14.4 Å². The van der Waals surface area contributed by atoms with Crippen molar-refractivity contribution in [1.82, 2.24) is 19.0 Å². The number of pyridine rings is 1. The van der Waals surface area contributed by atoms with Crippen LogP contribution >= 0.6 is 0 Å². The van der Waals surface area contributed by atoms with Gasteiger partial charge >= 0.3 is 5.69 Å². The molecular weight excluding hydrogens is 353 g/mol. The fourth-order valence-corrected chi connectivity index (χ4v) is 3.35. The molecule has 2 aromatic rings. The highest BCUT2D eigenvalue weighted by Gasteiger charge is 2.38. The van der Waals surface area contributed by atoms with E-state index < -0.39 is 22.7 Å². The molecule has 2 N–H and O–H groups in total. The fraction of sp³-hybridized carbons (Fsp3) is 0.444. The first-order chi connectivity index (χ1) is 12.7. The van der Waals surface area contributed by atoms with E-state index in [0.29, 0.717) is 18.8 Å². The summed E-state index contributed by atoms with van der Waals surface area (Å²) in [5.41, 5.74) is 3.18. The van der Waals surface area contributed by atoms with Crippen molar-refractivity contribution >= 4 is 11.6 Å². The normalized spacial score (nSPS) is 17.0. The van der Waals surface area contributed by atoms with Crippen molar-refractivity contribution in [3.63, 3.8) is 0 Å². The molecule has 1 aliphatic heterocycles. The van der Waals surface area contributed by atoms with E-state index in [2.05, 4.69) is 4.98 Å². The maximum Gasteiger partial charge on any atom is 0.332 e. The van der Waals surface area contributed by atoms with Crippen LogP contribution in [0.1, 0.15) is 28.9 Å². The quantitative estimate of drug-likeness (QED) is 0.766. The number of aromatic nitrogens is 3. The molecule has 8 nitrogen and oxygen atoms in total. The molecule has 3 heterocycles. The second-order valence-electron chi connectivity index (χ2n) is 6.85. The largest absolute Gasteiger partial charge is 0.384 e. The summed E-state index contributed by atoms with van der Waals surface area (Å²) in [5.74, 6) is -0.633. The lowest BCUT2D eigenvalue weighted by Crippen LogP contribution is -2.46. The maximum absolute atomic E-state index is 15.1. The van der Waals surface area contributed by atoms with Gasteiger partial charge in [-0.3, -0.25) is 28.6 Å². The van der Waals surface area contributed by atoms with Gasteiger partial charge in [0.25, 0.3) is 5.56 Å². The molecule has 0 aliphatic carbocycles. The number of nitrogens with two attached hydrogens (primary N) is 1. The monoisotopic (exact) mass is 375 g/mol. The topological polar surface area (TPSA) is 103 Å². The van der Waals surface area contributed by atoms with E-state index in [-0.39, 0.29) is 30.8 Å². The fourth-order valence-electron chi connectivity index (χ4n) is 3.35. The van der Waals surface area contributed by atoms with Crippen molar-refractivity contribution in [1.29, 1.82) is 0 Å². The molecule has 3 rings (SSSR count). The molecule has 9 heteroatoms. The Labute approximate surface area is 155 Å². The zero-order valence-corrected chi connectivity index (χ0v) is 15.3. The minimum atomic E-state index is -1.52. The molecule has 0 aromatic carbocycles. The number of hydrogen-bond donors (Lipinski definition) is 1. The van der Waals surface area contributed by atoms with E-state index in [1.54, 1.807) is 29.3 Å². The number of carbonyl (C=O) groups excluding carboxylic acids is 1. The number of halogens is 1. The Hall–Kier alpha value is -2.81. The lowest BCUT2D eigenvalue weighted by atomic mass is 9.89. The number of nitrogen functional groups attached to an aromatic ring is 1. The Morgan fingerprint density at radius 1 is 1.22 bits per heavy atom. The smallest absolute Gasteiger partial charge is 0.332 e. The number of likely N-dealkylation sites (tertiary alicyclic amines) is 1. The van der Waals surface area contributed by atoms with Gasteiger partial charge in [-0.1, -0.05) is 6.07 Å². The van der Waals surface area contributed by atoms with Gasteiger partial charge in [0, 0.05) is 33.4 Å². The molecule has 0 amide bonds. The summed E-state index contributed by atoms with van der Waals surface area (Å²) in [6.07, 6.45) is 1.97. The summed E-state index contributed by atoms with van der Waals surface area (Å²) in [6.45, 7) is 0.644. The second kappa shape index (κ2) is 7.07. The Kier molecular flexibility index (Phi) is 4.97. The minimum Gasteiger partial charge on any atom is -0.384 e. The van der Waals surface area contributed by atoms with Crippen LogP contribution in [0.5, 0.6) is 0 Å². The number of nitrogens with zero attached hydrogens (tertiary/aromatic N) is 4. The van der Waals surface area contributed by atoms with Gasteiger partial charge in [-0.05, 0) is 25.0 Å². The number of carbonyl (C=O) groups is 1. The first-order valence-electron chi connectivity index (χ1n) is 8.66. The molecular formula is C18H22FN5O3. The summed E-state index contributed by atoms with van der Waals surface area (Å²) in [6, 6.07) is 5.15. The van der Waals surface area contributed by atoms with Crippen molar-refractivity contribution in [2.45, 2.75) is 18.5 Å². The number of alkyl halides is 1. The van der Waals surface area contributed by atoms with Crippen LogP contribution in [0.3, 0.4) is 0 Å². The number of hydrogen-bond acceptors (Lipinski definition) is 6. The molecule has 0 unspecified atom stereocenters. The van der Waals surface area contributed by atoms with Gasteiger partial charge in [0.05, 0.1) is 12.2 Å². The zero-order chi connectivity index (χ0) is 19.8. The van der Waals surface area contributed by atoms with Gasteiger partial charge in [0.1, 0.15) is 11.4 Å². The average Bonchev–Trinajstić information content (AvgIpc) is 2.67. The van der Waals surface area contributed by atoms with E-state index >= 15 is 4.39 Å². The molecule has 2 aromatic heterocycles. The Bertz CT molecular complexity index is 975. The van der Waals surface area contributed by atoms with Gasteiger partial charge in [-0.25, -0.2) is 9.18 Å². The lowest BCUT2D eigenvalue weighted by Gasteiger charge is -2.35. The Morgan fingerprint density at radius 2 is 1.89 bits per heavy atom. The molecule has 1 aliphatic rings. The molecule has 1 fully saturated rings. The number of rotatable bonds is 4. The molecule has 0 atom stereocenters. The highest BCUT2D eigenvalue weighted by Crippen LogP contribution is 2.35. The summed E-state index contributed by atoms with van der Waals surface area (Å²) in [4.78, 5) is 42.7. The van der Waals surface area contributed by atoms with Crippen LogP contribution in [0.15, 0.2) is 34.0 Å². The van der Waals surface area contributed by atoms with E-state index in [1.165, 1.54) is 14.1 Å². The van der Waals surface area contributed by atoms with Gasteiger partial charge in [-0.2, -0.15) is 0 Å². The van der Waals surface area contributed by atoms with Crippen molar-refractivity contribution in [2.75, 3.05) is 25.4 Å². The number of anilines is 1. The van der Waals surface area contributed by atoms with Crippen LogP contribution in [0, 0.1) is 0 Å². The third-order valence-corrected chi connectivity index (χ3v) is 5.13. The van der Waals surface area contributed by atoms with Crippen LogP contribution < -0.4 is 17.0 Å². The van der Waals surface area contributed by atoms with Crippen LogP contribution in [0.25, 0.3) is 0 Å². The summed E-state index contributed by atoms with van der Waals surface area (Å²) >= 11 is 0. The van der Waals surface area contributed by atoms with Crippen molar-refractivity contribution < 1.29 is 9.18 Å². The Morgan fingerprint density at radius 3 is 2.48 bits per heavy atom. The highest BCUT2D eigenvalue weighted by atomic mass is 19.1. The standard InChI is InChI=1S/C18H22FN5O3/c1-22-15(20)14(16(26)23(2)17(22)27)12(25)11-24-9-6-18(19,7-10-24)13-5-3-4-8-21-13/h3-5,8H,6-7,9-11,20H2,1-2H3. The zero-order valence-electron chi connectivity index (χ0n) is 15.3. The summed E-state index contributed by atoms with van der Waals surface area (Å²) < 4.78 is 17.1. The first-order valence-corrected chi connectivity index (χ1v) is 8.66. The molecule has 0 saturated carbocycles. The third-order valence-electron chi connectivity index (χ3n) is 5.13. The van der Waals surface area contributed by atoms with Gasteiger partial charge in [-0.15, -0.1) is 0 Å². The van der Waals surface area contributed by atoms with E-state index in [0.717, 1.165) is 9.13 Å². The van der Waals surface area contributed by atoms with Crippen LogP contribution in [0.2, 0.25) is 0 Å². The minimum absolute atomic E-state index is 0.0596. The SMILES string of the molecule is Cn1c(N)c(C(=O)CN2CCC(F)(c3ccccn3)CC2)c(=O)n(C)c1=O. The first kappa shape index (κ1) is 19.0. The average molecular weight is 375 g/mol. The summed E-state index contributed by atoms with van der Waals surface area (Å²) in [7, 11) is 2.70.